The molecule has 1 aromatic rings. The second-order valence-corrected chi connectivity index (χ2v) is 4.26. The summed E-state index contributed by atoms with van der Waals surface area (Å²) in [5.41, 5.74) is 3.37. The van der Waals surface area contributed by atoms with Crippen LogP contribution in [0.15, 0.2) is 18.2 Å². The first-order valence-corrected chi connectivity index (χ1v) is 6.05. The van der Waals surface area contributed by atoms with E-state index in [2.05, 4.69) is 18.3 Å². The number of aliphatic carboxylic acids is 1. The lowest BCUT2D eigenvalue weighted by molar-refractivity contribution is -0.135. The van der Waals surface area contributed by atoms with Crippen molar-refractivity contribution in [1.29, 1.82) is 0 Å². The normalized spacial score (nSPS) is 14.8. The molecule has 17 heavy (non-hydrogen) atoms. The van der Waals surface area contributed by atoms with Gasteiger partial charge in [0.25, 0.3) is 0 Å². The molecule has 0 spiro atoms. The predicted octanol–water partition coefficient (Wildman–Crippen LogP) is 1.96. The van der Waals surface area contributed by atoms with Gasteiger partial charge < -0.3 is 15.3 Å². The third-order valence-corrected chi connectivity index (χ3v) is 3.08. The van der Waals surface area contributed by atoms with E-state index in [0.717, 1.165) is 37.3 Å². The fourth-order valence-electron chi connectivity index (χ4n) is 2.28. The molecule has 92 valence electrons. The van der Waals surface area contributed by atoms with Crippen LogP contribution >= 0.6 is 0 Å². The molecule has 4 nitrogen and oxygen atoms in total. The Morgan fingerprint density at radius 1 is 1.53 bits per heavy atom. The molecule has 0 saturated carbocycles. The molecule has 1 aliphatic rings. The fourth-order valence-corrected chi connectivity index (χ4v) is 2.28. The Labute approximate surface area is 101 Å². The Morgan fingerprint density at radius 2 is 2.35 bits per heavy atom. The zero-order chi connectivity index (χ0) is 12.3. The van der Waals surface area contributed by atoms with Crippen LogP contribution in [-0.4, -0.2) is 30.7 Å². The van der Waals surface area contributed by atoms with Crippen molar-refractivity contribution in [3.8, 4) is 0 Å². The summed E-state index contributed by atoms with van der Waals surface area (Å²) < 4.78 is 0. The van der Waals surface area contributed by atoms with Crippen LogP contribution in [0.5, 0.6) is 0 Å². The average molecular weight is 234 g/mol. The second-order valence-electron chi connectivity index (χ2n) is 4.26. The zero-order valence-electron chi connectivity index (χ0n) is 10.1. The summed E-state index contributed by atoms with van der Waals surface area (Å²) in [5.74, 6) is -0.778. The van der Waals surface area contributed by atoms with Gasteiger partial charge in [0, 0.05) is 13.1 Å². The first kappa shape index (κ1) is 11.8. The monoisotopic (exact) mass is 234 g/mol. The highest BCUT2D eigenvalue weighted by Crippen LogP contribution is 2.31. The van der Waals surface area contributed by atoms with E-state index < -0.39 is 5.97 Å². The van der Waals surface area contributed by atoms with Crippen LogP contribution in [-0.2, 0) is 11.2 Å². The van der Waals surface area contributed by atoms with Gasteiger partial charge >= 0.3 is 5.97 Å². The van der Waals surface area contributed by atoms with Crippen LogP contribution in [0.4, 0.5) is 11.4 Å². The molecule has 0 bridgehead atoms. The highest BCUT2D eigenvalue weighted by atomic mass is 16.4. The number of hydrogen-bond acceptors (Lipinski definition) is 3. The summed E-state index contributed by atoms with van der Waals surface area (Å²) in [6.07, 6.45) is 1.92. The van der Waals surface area contributed by atoms with Gasteiger partial charge in [-0.1, -0.05) is 19.1 Å². The van der Waals surface area contributed by atoms with Gasteiger partial charge in [-0.2, -0.15) is 0 Å². The lowest BCUT2D eigenvalue weighted by Crippen LogP contribution is -2.30. The highest BCUT2D eigenvalue weighted by Gasteiger charge is 2.18. The van der Waals surface area contributed by atoms with Gasteiger partial charge in [0.2, 0.25) is 0 Å². The van der Waals surface area contributed by atoms with Crippen molar-refractivity contribution in [2.24, 2.45) is 0 Å². The molecule has 1 heterocycles. The van der Waals surface area contributed by atoms with Crippen LogP contribution in [0.2, 0.25) is 0 Å². The maximum Gasteiger partial charge on any atom is 0.323 e. The molecule has 0 fully saturated rings. The van der Waals surface area contributed by atoms with Crippen LogP contribution in [0.1, 0.15) is 18.9 Å². The Hall–Kier alpha value is -1.71. The molecule has 0 unspecified atom stereocenters. The second kappa shape index (κ2) is 5.08. The van der Waals surface area contributed by atoms with Crippen molar-refractivity contribution in [1.82, 2.24) is 0 Å². The number of nitrogens with one attached hydrogen (secondary N) is 1. The Balaban J connectivity index is 2.38. The first-order valence-electron chi connectivity index (χ1n) is 6.05. The Morgan fingerprint density at radius 3 is 3.06 bits per heavy atom. The smallest absolute Gasteiger partial charge is 0.323 e. The molecule has 1 aromatic carbocycles. The number of carboxylic acids is 1. The minimum Gasteiger partial charge on any atom is -0.480 e. The van der Waals surface area contributed by atoms with E-state index in [1.807, 2.05) is 17.0 Å². The number of fused-ring (bicyclic) bond motifs is 1. The number of carbonyl (C=O) groups is 1. The quantitative estimate of drug-likeness (QED) is 0.839. The molecule has 0 aliphatic carbocycles. The number of benzene rings is 1. The molecule has 2 rings (SSSR count). The Bertz CT molecular complexity index is 418. The van der Waals surface area contributed by atoms with E-state index in [1.165, 1.54) is 5.56 Å². The molecule has 0 atom stereocenters. The summed E-state index contributed by atoms with van der Waals surface area (Å²) in [5, 5.41) is 12.4. The SMILES string of the molecule is CCc1cccc2c1NCCCN2CC(=O)O. The van der Waals surface area contributed by atoms with Crippen molar-refractivity contribution in [2.45, 2.75) is 19.8 Å². The van der Waals surface area contributed by atoms with E-state index >= 15 is 0 Å². The number of rotatable bonds is 3. The molecular weight excluding hydrogens is 216 g/mol. The summed E-state index contributed by atoms with van der Waals surface area (Å²) in [7, 11) is 0. The number of carboxylic acid groups (broad SMARTS) is 1. The molecule has 0 saturated heterocycles. The van der Waals surface area contributed by atoms with Crippen molar-refractivity contribution in [2.75, 3.05) is 29.9 Å². The molecule has 4 heteroatoms. The van der Waals surface area contributed by atoms with E-state index in [1.54, 1.807) is 0 Å². The lowest BCUT2D eigenvalue weighted by atomic mass is 10.1. The molecule has 1 aliphatic heterocycles. The summed E-state index contributed by atoms with van der Waals surface area (Å²) in [6, 6.07) is 6.09. The zero-order valence-corrected chi connectivity index (χ0v) is 10.1. The van der Waals surface area contributed by atoms with Crippen molar-refractivity contribution < 1.29 is 9.90 Å². The van der Waals surface area contributed by atoms with Gasteiger partial charge in [-0.25, -0.2) is 0 Å². The standard InChI is InChI=1S/C13H18N2O2/c1-2-10-5-3-6-11-13(10)14-7-4-8-15(11)9-12(16)17/h3,5-6,14H,2,4,7-9H2,1H3,(H,16,17). The number of hydrogen-bond donors (Lipinski definition) is 2. The van der Waals surface area contributed by atoms with E-state index in [0.29, 0.717) is 0 Å². The minimum atomic E-state index is -0.778. The summed E-state index contributed by atoms with van der Waals surface area (Å²) in [4.78, 5) is 12.8. The number of aryl methyl sites for hydroxylation is 1. The number of nitrogens with zero attached hydrogens (tertiary/aromatic N) is 1. The van der Waals surface area contributed by atoms with Crippen LogP contribution < -0.4 is 10.2 Å². The third kappa shape index (κ3) is 2.52. The Kier molecular flexibility index (Phi) is 3.52. The number of para-hydroxylation sites is 1. The van der Waals surface area contributed by atoms with Gasteiger partial charge in [0.05, 0.1) is 11.4 Å². The van der Waals surface area contributed by atoms with Crippen molar-refractivity contribution in [3.63, 3.8) is 0 Å². The molecule has 2 N–H and O–H groups in total. The predicted molar refractivity (Wildman–Crippen MR) is 68.8 cm³/mol. The summed E-state index contributed by atoms with van der Waals surface area (Å²) >= 11 is 0. The molecule has 0 amide bonds. The third-order valence-electron chi connectivity index (χ3n) is 3.08. The molecule has 0 aromatic heterocycles. The van der Waals surface area contributed by atoms with Gasteiger partial charge in [0.15, 0.2) is 0 Å². The minimum absolute atomic E-state index is 0.0713. The van der Waals surface area contributed by atoms with Gasteiger partial charge in [0.1, 0.15) is 6.54 Å². The maximum absolute atomic E-state index is 10.9. The average Bonchev–Trinajstić information content (AvgIpc) is 2.51. The van der Waals surface area contributed by atoms with E-state index in [4.69, 9.17) is 5.11 Å². The largest absolute Gasteiger partial charge is 0.480 e. The van der Waals surface area contributed by atoms with E-state index in [9.17, 15) is 4.79 Å². The number of anilines is 2. The maximum atomic E-state index is 10.9. The fraction of sp³-hybridized carbons (Fsp3) is 0.462. The van der Waals surface area contributed by atoms with E-state index in [-0.39, 0.29) is 6.54 Å². The van der Waals surface area contributed by atoms with Crippen molar-refractivity contribution >= 4 is 17.3 Å². The van der Waals surface area contributed by atoms with Gasteiger partial charge in [-0.3, -0.25) is 4.79 Å². The van der Waals surface area contributed by atoms with Crippen LogP contribution in [0.25, 0.3) is 0 Å². The topological polar surface area (TPSA) is 52.6 Å². The highest BCUT2D eigenvalue weighted by molar-refractivity contribution is 5.80. The van der Waals surface area contributed by atoms with Crippen LogP contribution in [0.3, 0.4) is 0 Å². The van der Waals surface area contributed by atoms with Crippen molar-refractivity contribution in [3.05, 3.63) is 23.8 Å². The molecular formula is C13H18N2O2. The van der Waals surface area contributed by atoms with Gasteiger partial charge in [-0.05, 0) is 24.5 Å². The van der Waals surface area contributed by atoms with Crippen LogP contribution in [0, 0.1) is 0 Å². The summed E-state index contributed by atoms with van der Waals surface area (Å²) in [6.45, 7) is 3.88. The lowest BCUT2D eigenvalue weighted by Gasteiger charge is -2.23. The van der Waals surface area contributed by atoms with Gasteiger partial charge in [-0.15, -0.1) is 0 Å². The first-order chi connectivity index (χ1) is 8.22. The molecule has 0 radical (unpaired) electrons.